The lowest BCUT2D eigenvalue weighted by molar-refractivity contribution is -0.186. The van der Waals surface area contributed by atoms with Gasteiger partial charge in [0.15, 0.2) is 5.78 Å². The standard InChI is InChI=1S/C30H37NO6/c1-16(2)25-19(5)26-23(15-20-10-12-21(32)13-11-20)31-29(36)30(26)22(28(25)35)8-6-7-17(3)27(34)18(4)9-14-24(33)37-30/h6,8-13,17,19,22-23,26,28,32,35H,7,14-15H2,1-5H3,(H,31,36). The van der Waals surface area contributed by atoms with Crippen LogP contribution < -0.4 is 5.32 Å². The monoisotopic (exact) mass is 507 g/mol. The molecule has 2 heterocycles. The zero-order chi connectivity index (χ0) is 27.1. The predicted octanol–water partition coefficient (Wildman–Crippen LogP) is 3.80. The van der Waals surface area contributed by atoms with Gasteiger partial charge >= 0.3 is 5.97 Å². The van der Waals surface area contributed by atoms with Crippen molar-refractivity contribution in [3.8, 4) is 5.75 Å². The van der Waals surface area contributed by atoms with E-state index in [1.54, 1.807) is 31.2 Å². The Hall–Kier alpha value is -3.19. The first-order valence-corrected chi connectivity index (χ1v) is 13.0. The number of ketones is 1. The molecule has 1 saturated heterocycles. The largest absolute Gasteiger partial charge is 0.508 e. The number of esters is 1. The molecule has 7 unspecified atom stereocenters. The van der Waals surface area contributed by atoms with Gasteiger partial charge in [-0.05, 0) is 68.4 Å². The molecular weight excluding hydrogens is 470 g/mol. The second-order valence-electron chi connectivity index (χ2n) is 11.0. The summed E-state index contributed by atoms with van der Waals surface area (Å²) in [7, 11) is 0. The van der Waals surface area contributed by atoms with Gasteiger partial charge in [0.2, 0.25) is 5.60 Å². The van der Waals surface area contributed by atoms with E-state index in [0.29, 0.717) is 18.4 Å². The summed E-state index contributed by atoms with van der Waals surface area (Å²) >= 11 is 0. The van der Waals surface area contributed by atoms with Gasteiger partial charge < -0.3 is 20.3 Å². The number of rotatable bonds is 2. The molecular formula is C30H37NO6. The molecule has 198 valence electrons. The van der Waals surface area contributed by atoms with Crippen LogP contribution in [0.5, 0.6) is 5.75 Å². The van der Waals surface area contributed by atoms with Crippen LogP contribution in [-0.2, 0) is 25.5 Å². The molecule has 7 atom stereocenters. The number of benzene rings is 1. The normalized spacial score (nSPS) is 34.4. The molecule has 4 rings (SSSR count). The number of ether oxygens (including phenoxy) is 1. The molecule has 0 aromatic heterocycles. The highest BCUT2D eigenvalue weighted by molar-refractivity contribution is 5.97. The van der Waals surface area contributed by atoms with Gasteiger partial charge in [0.1, 0.15) is 5.75 Å². The Morgan fingerprint density at radius 3 is 2.46 bits per heavy atom. The molecule has 1 spiro atoms. The van der Waals surface area contributed by atoms with Crippen LogP contribution in [-0.4, -0.2) is 45.6 Å². The topological polar surface area (TPSA) is 113 Å². The lowest BCUT2D eigenvalue weighted by atomic mass is 9.58. The highest BCUT2D eigenvalue weighted by atomic mass is 16.6. The van der Waals surface area contributed by atoms with Crippen molar-refractivity contribution in [2.24, 2.45) is 23.7 Å². The SMILES string of the molecule is CC1=CCC(=O)OC23C(=O)NC(Cc4ccc(O)cc4)C2C(C)C(=C(C)C)C(O)C3C=CCC(C)C1=O. The van der Waals surface area contributed by atoms with Crippen molar-refractivity contribution in [2.45, 2.75) is 71.6 Å². The fraction of sp³-hybridized carbons (Fsp3) is 0.500. The van der Waals surface area contributed by atoms with Gasteiger partial charge in [-0.15, -0.1) is 0 Å². The number of aliphatic hydroxyl groups excluding tert-OH is 1. The Balaban J connectivity index is 1.85. The summed E-state index contributed by atoms with van der Waals surface area (Å²) in [6.07, 6.45) is 4.94. The summed E-state index contributed by atoms with van der Waals surface area (Å²) in [4.78, 5) is 39.7. The average molecular weight is 508 g/mol. The third-order valence-corrected chi connectivity index (χ3v) is 8.28. The van der Waals surface area contributed by atoms with Gasteiger partial charge in [-0.25, -0.2) is 0 Å². The number of aromatic hydroxyl groups is 1. The zero-order valence-electron chi connectivity index (χ0n) is 22.2. The number of Topliss-reactive ketones (excluding diaryl/α,β-unsaturated/α-hetero) is 1. The molecule has 1 saturated carbocycles. The number of carbonyl (C=O) groups is 3. The van der Waals surface area contributed by atoms with E-state index in [9.17, 15) is 24.6 Å². The lowest BCUT2D eigenvalue weighted by Gasteiger charge is -2.49. The average Bonchev–Trinajstić information content (AvgIpc) is 3.11. The molecule has 7 nitrogen and oxygen atoms in total. The molecule has 2 aliphatic heterocycles. The highest BCUT2D eigenvalue weighted by Gasteiger charge is 2.68. The molecule has 1 aromatic carbocycles. The molecule has 1 aliphatic carbocycles. The third-order valence-electron chi connectivity index (χ3n) is 8.28. The van der Waals surface area contributed by atoms with Crippen LogP contribution in [0, 0.1) is 23.7 Å². The number of carbonyl (C=O) groups excluding carboxylic acids is 3. The third kappa shape index (κ3) is 4.77. The second kappa shape index (κ2) is 10.3. The first-order valence-electron chi connectivity index (χ1n) is 13.0. The number of aliphatic hydroxyl groups is 1. The molecule has 7 heteroatoms. The van der Waals surface area contributed by atoms with Crippen LogP contribution in [0.1, 0.15) is 53.0 Å². The number of phenols is 1. The van der Waals surface area contributed by atoms with Gasteiger partial charge in [-0.1, -0.05) is 49.8 Å². The van der Waals surface area contributed by atoms with Crippen LogP contribution in [0.4, 0.5) is 0 Å². The van der Waals surface area contributed by atoms with E-state index in [0.717, 1.165) is 16.7 Å². The minimum absolute atomic E-state index is 0.0408. The number of phenolic OH excluding ortho intramolecular Hbond substituents is 1. The Labute approximate surface area is 218 Å². The maximum atomic E-state index is 13.9. The summed E-state index contributed by atoms with van der Waals surface area (Å²) < 4.78 is 6.14. The van der Waals surface area contributed by atoms with E-state index < -0.39 is 35.4 Å². The minimum atomic E-state index is -1.60. The molecule has 2 fully saturated rings. The van der Waals surface area contributed by atoms with Crippen molar-refractivity contribution >= 4 is 17.7 Å². The Morgan fingerprint density at radius 1 is 1.14 bits per heavy atom. The lowest BCUT2D eigenvalue weighted by Crippen LogP contribution is -2.62. The smallest absolute Gasteiger partial charge is 0.310 e. The fourth-order valence-corrected chi connectivity index (χ4v) is 6.54. The van der Waals surface area contributed by atoms with E-state index in [1.807, 2.05) is 45.9 Å². The summed E-state index contributed by atoms with van der Waals surface area (Å²) in [5, 5.41) is 24.4. The van der Waals surface area contributed by atoms with Crippen molar-refractivity contribution in [3.05, 3.63) is 64.8 Å². The van der Waals surface area contributed by atoms with Gasteiger partial charge in [0.05, 0.1) is 18.4 Å². The molecule has 0 radical (unpaired) electrons. The number of hydrogen-bond acceptors (Lipinski definition) is 6. The van der Waals surface area contributed by atoms with E-state index in [-0.39, 0.29) is 35.8 Å². The summed E-state index contributed by atoms with van der Waals surface area (Å²) in [5.41, 5.74) is 1.62. The van der Waals surface area contributed by atoms with Crippen LogP contribution in [0.15, 0.2) is 59.2 Å². The summed E-state index contributed by atoms with van der Waals surface area (Å²) in [6.45, 7) is 9.40. The van der Waals surface area contributed by atoms with E-state index in [4.69, 9.17) is 4.74 Å². The Kier molecular flexibility index (Phi) is 7.47. The first-order chi connectivity index (χ1) is 17.5. The first kappa shape index (κ1) is 26.9. The molecule has 1 amide bonds. The molecule has 3 aliphatic rings. The van der Waals surface area contributed by atoms with Gasteiger partial charge in [0, 0.05) is 17.9 Å². The van der Waals surface area contributed by atoms with Crippen molar-refractivity contribution in [1.82, 2.24) is 5.32 Å². The molecule has 37 heavy (non-hydrogen) atoms. The molecule has 3 N–H and O–H groups in total. The zero-order valence-corrected chi connectivity index (χ0v) is 22.2. The van der Waals surface area contributed by atoms with Crippen molar-refractivity contribution in [3.63, 3.8) is 0 Å². The molecule has 0 bridgehead atoms. The number of allylic oxidation sites excluding steroid dienone is 3. The summed E-state index contributed by atoms with van der Waals surface area (Å²) in [5.74, 6) is -2.69. The quantitative estimate of drug-likeness (QED) is 0.415. The summed E-state index contributed by atoms with van der Waals surface area (Å²) in [6, 6.07) is 6.48. The number of amides is 1. The van der Waals surface area contributed by atoms with Gasteiger partial charge in [0.25, 0.3) is 5.91 Å². The van der Waals surface area contributed by atoms with Crippen molar-refractivity contribution in [2.75, 3.05) is 0 Å². The van der Waals surface area contributed by atoms with Crippen LogP contribution in [0.2, 0.25) is 0 Å². The van der Waals surface area contributed by atoms with Crippen LogP contribution in [0.25, 0.3) is 0 Å². The number of nitrogens with one attached hydrogen (secondary N) is 1. The minimum Gasteiger partial charge on any atom is -0.508 e. The van der Waals surface area contributed by atoms with Crippen LogP contribution in [0.3, 0.4) is 0 Å². The van der Waals surface area contributed by atoms with Crippen molar-refractivity contribution < 1.29 is 29.3 Å². The van der Waals surface area contributed by atoms with Crippen LogP contribution >= 0.6 is 0 Å². The Bertz CT molecular complexity index is 1170. The maximum Gasteiger partial charge on any atom is 0.310 e. The van der Waals surface area contributed by atoms with Crippen molar-refractivity contribution in [1.29, 1.82) is 0 Å². The number of hydrogen-bond donors (Lipinski definition) is 3. The van der Waals surface area contributed by atoms with E-state index in [1.165, 1.54) is 0 Å². The van der Waals surface area contributed by atoms with Gasteiger partial charge in [-0.3, -0.25) is 14.4 Å². The highest BCUT2D eigenvalue weighted by Crippen LogP contribution is 2.53. The van der Waals surface area contributed by atoms with Gasteiger partial charge in [-0.2, -0.15) is 0 Å². The van der Waals surface area contributed by atoms with E-state index in [2.05, 4.69) is 5.32 Å². The Morgan fingerprint density at radius 2 is 1.81 bits per heavy atom. The second-order valence-corrected chi connectivity index (χ2v) is 11.0. The maximum absolute atomic E-state index is 13.9. The molecule has 1 aromatic rings. The fourth-order valence-electron chi connectivity index (χ4n) is 6.54. The predicted molar refractivity (Wildman–Crippen MR) is 139 cm³/mol. The van der Waals surface area contributed by atoms with E-state index >= 15 is 0 Å².